The first-order valence-electron chi connectivity index (χ1n) is 6.41. The molecule has 1 aromatic carbocycles. The molecule has 1 aromatic heterocycles. The van der Waals surface area contributed by atoms with Crippen molar-refractivity contribution in [3.05, 3.63) is 57.0 Å². The Kier molecular flexibility index (Phi) is 5.37. The van der Waals surface area contributed by atoms with Crippen molar-refractivity contribution in [2.45, 2.75) is 25.8 Å². The molecule has 1 nitrogen and oxygen atoms in total. The summed E-state index contributed by atoms with van der Waals surface area (Å²) in [7, 11) is 0. The first kappa shape index (κ1) is 14.5. The molecule has 0 aliphatic carbocycles. The van der Waals surface area contributed by atoms with E-state index in [9.17, 15) is 4.39 Å². The fourth-order valence-corrected chi connectivity index (χ4v) is 3.02. The SMILES string of the molecule is CCNC(CCc1cccs1)c1ccc(F)c(Cl)c1. The summed E-state index contributed by atoms with van der Waals surface area (Å²) in [5.41, 5.74) is 1.05. The highest BCUT2D eigenvalue weighted by Gasteiger charge is 2.12. The third-order valence-corrected chi connectivity index (χ3v) is 4.28. The maximum atomic E-state index is 13.2. The van der Waals surface area contributed by atoms with Crippen LogP contribution in [-0.2, 0) is 6.42 Å². The van der Waals surface area contributed by atoms with E-state index in [2.05, 4.69) is 29.8 Å². The maximum Gasteiger partial charge on any atom is 0.141 e. The lowest BCUT2D eigenvalue weighted by Gasteiger charge is -2.18. The molecule has 1 atom stereocenters. The second kappa shape index (κ2) is 7.04. The molecule has 0 bridgehead atoms. The lowest BCUT2D eigenvalue weighted by molar-refractivity contribution is 0.515. The van der Waals surface area contributed by atoms with Gasteiger partial charge >= 0.3 is 0 Å². The molecule has 4 heteroatoms. The molecular weight excluding hydrogens is 281 g/mol. The summed E-state index contributed by atoms with van der Waals surface area (Å²) in [5, 5.41) is 5.71. The Labute approximate surface area is 122 Å². The van der Waals surface area contributed by atoms with Crippen LogP contribution in [0.1, 0.15) is 29.8 Å². The Bertz CT molecular complexity index is 513. The summed E-state index contributed by atoms with van der Waals surface area (Å²) in [6.07, 6.45) is 2.00. The van der Waals surface area contributed by atoms with E-state index in [1.807, 2.05) is 6.07 Å². The van der Waals surface area contributed by atoms with Crippen LogP contribution >= 0.6 is 22.9 Å². The standard InChI is InChI=1S/C15H17ClFNS/c1-2-18-15(8-6-12-4-3-9-19-12)11-5-7-14(17)13(16)10-11/h3-5,7,9-10,15,18H,2,6,8H2,1H3. The topological polar surface area (TPSA) is 12.0 Å². The van der Waals surface area contributed by atoms with Crippen molar-refractivity contribution in [3.8, 4) is 0 Å². The minimum atomic E-state index is -0.362. The van der Waals surface area contributed by atoms with Crippen molar-refractivity contribution < 1.29 is 4.39 Å². The number of hydrogen-bond acceptors (Lipinski definition) is 2. The van der Waals surface area contributed by atoms with Gasteiger partial charge in [0.2, 0.25) is 0 Å². The van der Waals surface area contributed by atoms with E-state index in [0.717, 1.165) is 24.9 Å². The van der Waals surface area contributed by atoms with Gasteiger partial charge in [-0.1, -0.05) is 30.7 Å². The molecule has 0 aliphatic heterocycles. The number of halogens is 2. The molecule has 0 spiro atoms. The molecule has 19 heavy (non-hydrogen) atoms. The highest BCUT2D eigenvalue weighted by molar-refractivity contribution is 7.09. The highest BCUT2D eigenvalue weighted by Crippen LogP contribution is 2.25. The second-order valence-corrected chi connectivity index (χ2v) is 5.84. The van der Waals surface area contributed by atoms with Gasteiger partial charge in [-0.25, -0.2) is 4.39 Å². The minimum Gasteiger partial charge on any atom is -0.310 e. The molecule has 0 fully saturated rings. The van der Waals surface area contributed by atoms with Gasteiger partial charge in [0.15, 0.2) is 0 Å². The van der Waals surface area contributed by atoms with E-state index >= 15 is 0 Å². The summed E-state index contributed by atoms with van der Waals surface area (Å²) in [6, 6.07) is 9.39. The van der Waals surface area contributed by atoms with Gasteiger partial charge < -0.3 is 5.32 Å². The molecule has 0 saturated heterocycles. The first-order chi connectivity index (χ1) is 9.20. The molecule has 1 N–H and O–H groups in total. The van der Waals surface area contributed by atoms with Gasteiger partial charge in [-0.05, 0) is 48.5 Å². The Morgan fingerprint density at radius 1 is 1.37 bits per heavy atom. The molecule has 1 unspecified atom stereocenters. The monoisotopic (exact) mass is 297 g/mol. The summed E-state index contributed by atoms with van der Waals surface area (Å²) in [6.45, 7) is 2.95. The van der Waals surface area contributed by atoms with Gasteiger partial charge in [-0.3, -0.25) is 0 Å². The number of nitrogens with one attached hydrogen (secondary N) is 1. The number of thiophene rings is 1. The summed E-state index contributed by atoms with van der Waals surface area (Å²) in [5.74, 6) is -0.362. The molecule has 0 saturated carbocycles. The lowest BCUT2D eigenvalue weighted by Crippen LogP contribution is -2.21. The van der Waals surface area contributed by atoms with Crippen LogP contribution in [0.2, 0.25) is 5.02 Å². The van der Waals surface area contributed by atoms with E-state index in [4.69, 9.17) is 11.6 Å². The zero-order valence-corrected chi connectivity index (χ0v) is 12.4. The van der Waals surface area contributed by atoms with Crippen LogP contribution in [0.25, 0.3) is 0 Å². The third kappa shape index (κ3) is 4.03. The highest BCUT2D eigenvalue weighted by atomic mass is 35.5. The zero-order chi connectivity index (χ0) is 13.7. The summed E-state index contributed by atoms with van der Waals surface area (Å²) in [4.78, 5) is 1.37. The molecule has 102 valence electrons. The van der Waals surface area contributed by atoms with E-state index in [0.29, 0.717) is 0 Å². The van der Waals surface area contributed by atoms with Crippen LogP contribution in [0.15, 0.2) is 35.7 Å². The van der Waals surface area contributed by atoms with Gasteiger partial charge in [0.25, 0.3) is 0 Å². The van der Waals surface area contributed by atoms with Gasteiger partial charge in [0, 0.05) is 10.9 Å². The van der Waals surface area contributed by atoms with Gasteiger partial charge in [-0.15, -0.1) is 11.3 Å². The molecule has 0 aliphatic rings. The van der Waals surface area contributed by atoms with Crippen LogP contribution < -0.4 is 5.32 Å². The average molecular weight is 298 g/mol. The first-order valence-corrected chi connectivity index (χ1v) is 7.67. The van der Waals surface area contributed by atoms with Crippen molar-refractivity contribution >= 4 is 22.9 Å². The average Bonchev–Trinajstić information content (AvgIpc) is 2.91. The third-order valence-electron chi connectivity index (χ3n) is 3.06. The fourth-order valence-electron chi connectivity index (χ4n) is 2.10. The molecule has 2 rings (SSSR count). The predicted octanol–water partition coefficient (Wildman–Crippen LogP) is 4.82. The second-order valence-electron chi connectivity index (χ2n) is 4.40. The van der Waals surface area contributed by atoms with Gasteiger partial charge in [0.05, 0.1) is 5.02 Å². The van der Waals surface area contributed by atoms with Crippen LogP contribution in [0.4, 0.5) is 4.39 Å². The Hall–Kier alpha value is -0.900. The van der Waals surface area contributed by atoms with Crippen LogP contribution in [0.5, 0.6) is 0 Å². The van der Waals surface area contributed by atoms with Crippen LogP contribution in [0.3, 0.4) is 0 Å². The number of aryl methyl sites for hydroxylation is 1. The van der Waals surface area contributed by atoms with Crippen molar-refractivity contribution in [2.24, 2.45) is 0 Å². The normalized spacial score (nSPS) is 12.6. The van der Waals surface area contributed by atoms with Gasteiger partial charge in [0.1, 0.15) is 5.82 Å². The Morgan fingerprint density at radius 2 is 2.21 bits per heavy atom. The van der Waals surface area contributed by atoms with Crippen molar-refractivity contribution in [3.63, 3.8) is 0 Å². The van der Waals surface area contributed by atoms with E-state index in [-0.39, 0.29) is 16.9 Å². The molecule has 1 heterocycles. The summed E-state index contributed by atoms with van der Waals surface area (Å²) < 4.78 is 13.2. The molecule has 2 aromatic rings. The van der Waals surface area contributed by atoms with E-state index in [1.54, 1.807) is 17.4 Å². The Morgan fingerprint density at radius 3 is 2.84 bits per heavy atom. The molecule has 0 radical (unpaired) electrons. The minimum absolute atomic E-state index is 0.191. The zero-order valence-electron chi connectivity index (χ0n) is 10.8. The van der Waals surface area contributed by atoms with Crippen molar-refractivity contribution in [1.82, 2.24) is 5.32 Å². The van der Waals surface area contributed by atoms with Gasteiger partial charge in [-0.2, -0.15) is 0 Å². The maximum absolute atomic E-state index is 13.2. The lowest BCUT2D eigenvalue weighted by atomic mass is 10.0. The van der Waals surface area contributed by atoms with Crippen molar-refractivity contribution in [1.29, 1.82) is 0 Å². The smallest absolute Gasteiger partial charge is 0.141 e. The van der Waals surface area contributed by atoms with Crippen molar-refractivity contribution in [2.75, 3.05) is 6.54 Å². The predicted molar refractivity (Wildman–Crippen MR) is 80.5 cm³/mol. The molecule has 0 amide bonds. The van der Waals surface area contributed by atoms with Crippen LogP contribution in [-0.4, -0.2) is 6.54 Å². The number of rotatable bonds is 6. The summed E-state index contributed by atoms with van der Waals surface area (Å²) >= 11 is 7.63. The fraction of sp³-hybridized carbons (Fsp3) is 0.333. The quantitative estimate of drug-likeness (QED) is 0.806. The Balaban J connectivity index is 2.07. The largest absolute Gasteiger partial charge is 0.310 e. The molecular formula is C15H17ClFNS. The number of benzene rings is 1. The number of hydrogen-bond donors (Lipinski definition) is 1. The van der Waals surface area contributed by atoms with Crippen LogP contribution in [0, 0.1) is 5.82 Å². The van der Waals surface area contributed by atoms with E-state index < -0.39 is 0 Å². The van der Waals surface area contributed by atoms with E-state index in [1.165, 1.54) is 10.9 Å².